The van der Waals surface area contributed by atoms with Crippen molar-refractivity contribution >= 4 is 6.03 Å². The van der Waals surface area contributed by atoms with Crippen molar-refractivity contribution in [2.75, 3.05) is 13.2 Å². The van der Waals surface area contributed by atoms with Crippen LogP contribution >= 0.6 is 0 Å². The molecule has 1 aromatic heterocycles. The van der Waals surface area contributed by atoms with Crippen LogP contribution in [-0.4, -0.2) is 35.1 Å². The summed E-state index contributed by atoms with van der Waals surface area (Å²) >= 11 is 0. The van der Waals surface area contributed by atoms with Crippen molar-refractivity contribution in [1.29, 1.82) is 0 Å². The van der Waals surface area contributed by atoms with E-state index in [9.17, 15) is 4.79 Å². The number of hydrogen-bond acceptors (Lipinski definition) is 4. The molecule has 1 aliphatic heterocycles. The van der Waals surface area contributed by atoms with Crippen molar-refractivity contribution in [3.63, 3.8) is 0 Å². The molecule has 0 aliphatic carbocycles. The third-order valence-corrected chi connectivity index (χ3v) is 3.81. The maximum atomic E-state index is 12.1. The third kappa shape index (κ3) is 3.98. The number of carbonyl (C=O) groups excluding carboxylic acids is 1. The van der Waals surface area contributed by atoms with Crippen molar-refractivity contribution in [2.45, 2.75) is 32.5 Å². The molecule has 2 atom stereocenters. The number of fused-ring (bicyclic) bond motifs is 1. The Morgan fingerprint density at radius 1 is 1.25 bits per heavy atom. The number of carbonyl (C=O) groups is 1. The Kier molecular flexibility index (Phi) is 4.88. The molecule has 24 heavy (non-hydrogen) atoms. The smallest absolute Gasteiger partial charge is 0.315 e. The highest BCUT2D eigenvalue weighted by Gasteiger charge is 2.16. The van der Waals surface area contributed by atoms with Gasteiger partial charge in [0.2, 0.25) is 0 Å². The number of urea groups is 1. The van der Waals surface area contributed by atoms with E-state index in [2.05, 4.69) is 15.7 Å². The lowest BCUT2D eigenvalue weighted by molar-refractivity contribution is 0.171. The summed E-state index contributed by atoms with van der Waals surface area (Å²) in [5.74, 6) is 1.47. The molecular weight excluding hydrogens is 308 g/mol. The van der Waals surface area contributed by atoms with E-state index in [-0.39, 0.29) is 18.1 Å². The molecule has 128 valence electrons. The Hall–Kier alpha value is -2.70. The van der Waals surface area contributed by atoms with Crippen molar-refractivity contribution in [3.8, 4) is 11.5 Å². The molecule has 2 N–H and O–H groups in total. The van der Waals surface area contributed by atoms with Gasteiger partial charge in [0.25, 0.3) is 0 Å². The molecule has 1 aromatic carbocycles. The van der Waals surface area contributed by atoms with Gasteiger partial charge in [0.15, 0.2) is 11.5 Å². The predicted octanol–water partition coefficient (Wildman–Crippen LogP) is 2.10. The first-order valence-electron chi connectivity index (χ1n) is 8.06. The van der Waals surface area contributed by atoms with E-state index in [4.69, 9.17) is 9.47 Å². The highest BCUT2D eigenvalue weighted by molar-refractivity contribution is 5.74. The lowest BCUT2D eigenvalue weighted by Gasteiger charge is -2.22. The van der Waals surface area contributed by atoms with Crippen LogP contribution in [0.2, 0.25) is 0 Å². The molecule has 2 heterocycles. The largest absolute Gasteiger partial charge is 0.486 e. The first-order chi connectivity index (χ1) is 11.6. The fourth-order valence-electron chi connectivity index (χ4n) is 2.61. The van der Waals surface area contributed by atoms with Crippen molar-refractivity contribution < 1.29 is 14.3 Å². The number of ether oxygens (including phenoxy) is 2. The molecule has 0 radical (unpaired) electrons. The number of nitrogens with one attached hydrogen (secondary N) is 2. The molecule has 7 heteroatoms. The van der Waals surface area contributed by atoms with Crippen LogP contribution in [0.3, 0.4) is 0 Å². The summed E-state index contributed by atoms with van der Waals surface area (Å²) < 4.78 is 12.9. The molecule has 0 unspecified atom stereocenters. The first-order valence-corrected chi connectivity index (χ1v) is 8.06. The standard InChI is InChI=1S/C17H22N4O3/c1-12(11-21-7-3-6-18-21)19-17(22)20-13(2)14-4-5-15-16(10-14)24-9-8-23-15/h3-7,10,12-13H,8-9,11H2,1-2H3,(H2,19,20,22)/t12-,13+/m0/s1. The zero-order chi connectivity index (χ0) is 16.9. The second kappa shape index (κ2) is 7.25. The average molecular weight is 330 g/mol. The molecule has 2 aromatic rings. The summed E-state index contributed by atoms with van der Waals surface area (Å²) in [5, 5.41) is 9.98. The van der Waals surface area contributed by atoms with Gasteiger partial charge in [0.05, 0.1) is 12.6 Å². The Labute approximate surface area is 140 Å². The monoisotopic (exact) mass is 330 g/mol. The van der Waals surface area contributed by atoms with Gasteiger partial charge in [-0.3, -0.25) is 4.68 Å². The van der Waals surface area contributed by atoms with Crippen LogP contribution in [0.25, 0.3) is 0 Å². The lowest BCUT2D eigenvalue weighted by Crippen LogP contribution is -2.43. The Morgan fingerprint density at radius 3 is 2.79 bits per heavy atom. The zero-order valence-electron chi connectivity index (χ0n) is 13.9. The normalized spacial score (nSPS) is 15.4. The highest BCUT2D eigenvalue weighted by Crippen LogP contribution is 2.32. The van der Waals surface area contributed by atoms with Gasteiger partial charge in [-0.05, 0) is 37.6 Å². The van der Waals surface area contributed by atoms with Crippen molar-refractivity contribution in [1.82, 2.24) is 20.4 Å². The summed E-state index contributed by atoms with van der Waals surface area (Å²) in [6, 6.07) is 7.20. The Bertz CT molecular complexity index is 687. The molecule has 0 spiro atoms. The van der Waals surface area contributed by atoms with Crippen LogP contribution in [0.4, 0.5) is 4.79 Å². The number of amides is 2. The molecule has 0 saturated heterocycles. The van der Waals surface area contributed by atoms with Gasteiger partial charge in [-0.2, -0.15) is 5.10 Å². The maximum Gasteiger partial charge on any atom is 0.315 e. The molecular formula is C17H22N4O3. The molecule has 0 bridgehead atoms. The van der Waals surface area contributed by atoms with Gasteiger partial charge in [0.1, 0.15) is 13.2 Å². The third-order valence-electron chi connectivity index (χ3n) is 3.81. The van der Waals surface area contributed by atoms with Gasteiger partial charge in [-0.1, -0.05) is 6.07 Å². The van der Waals surface area contributed by atoms with Gasteiger partial charge in [-0.15, -0.1) is 0 Å². The van der Waals surface area contributed by atoms with Crippen LogP contribution in [-0.2, 0) is 6.54 Å². The van der Waals surface area contributed by atoms with Gasteiger partial charge >= 0.3 is 6.03 Å². The van der Waals surface area contributed by atoms with Crippen LogP contribution in [0.5, 0.6) is 11.5 Å². The lowest BCUT2D eigenvalue weighted by atomic mass is 10.1. The molecule has 1 aliphatic rings. The van der Waals surface area contributed by atoms with Crippen LogP contribution in [0.15, 0.2) is 36.7 Å². The number of hydrogen-bond donors (Lipinski definition) is 2. The molecule has 3 rings (SSSR count). The van der Waals surface area contributed by atoms with E-state index in [1.54, 1.807) is 10.9 Å². The van der Waals surface area contributed by atoms with Crippen LogP contribution in [0, 0.1) is 0 Å². The van der Waals surface area contributed by atoms with E-state index in [0.717, 1.165) is 17.1 Å². The zero-order valence-corrected chi connectivity index (χ0v) is 13.9. The van der Waals surface area contributed by atoms with Crippen LogP contribution in [0.1, 0.15) is 25.5 Å². The minimum Gasteiger partial charge on any atom is -0.486 e. The van der Waals surface area contributed by atoms with E-state index in [1.165, 1.54) is 0 Å². The van der Waals surface area contributed by atoms with Crippen molar-refractivity contribution in [2.24, 2.45) is 0 Å². The SMILES string of the molecule is C[C@@H](Cn1cccn1)NC(=O)N[C@H](C)c1ccc2c(c1)OCCO2. The Balaban J connectivity index is 1.54. The second-order valence-electron chi connectivity index (χ2n) is 5.87. The summed E-state index contributed by atoms with van der Waals surface area (Å²) in [6.07, 6.45) is 3.59. The summed E-state index contributed by atoms with van der Waals surface area (Å²) in [7, 11) is 0. The van der Waals surface area contributed by atoms with Crippen molar-refractivity contribution in [3.05, 3.63) is 42.2 Å². The topological polar surface area (TPSA) is 77.4 Å². The number of aromatic nitrogens is 2. The average Bonchev–Trinajstić information content (AvgIpc) is 3.06. The minimum atomic E-state index is -0.211. The quantitative estimate of drug-likeness (QED) is 0.880. The summed E-state index contributed by atoms with van der Waals surface area (Å²) in [5.41, 5.74) is 0.967. The number of rotatable bonds is 5. The second-order valence-corrected chi connectivity index (χ2v) is 5.87. The fraction of sp³-hybridized carbons (Fsp3) is 0.412. The molecule has 0 fully saturated rings. The minimum absolute atomic E-state index is 0.0302. The summed E-state index contributed by atoms with van der Waals surface area (Å²) in [4.78, 5) is 12.1. The number of nitrogens with zero attached hydrogens (tertiary/aromatic N) is 2. The fourth-order valence-corrected chi connectivity index (χ4v) is 2.61. The van der Waals surface area contributed by atoms with Gasteiger partial charge in [0, 0.05) is 18.4 Å². The molecule has 2 amide bonds. The van der Waals surface area contributed by atoms with E-state index >= 15 is 0 Å². The molecule has 7 nitrogen and oxygen atoms in total. The van der Waals surface area contributed by atoms with E-state index < -0.39 is 0 Å². The van der Waals surface area contributed by atoms with E-state index in [0.29, 0.717) is 19.8 Å². The Morgan fingerprint density at radius 2 is 2.04 bits per heavy atom. The first kappa shape index (κ1) is 16.2. The van der Waals surface area contributed by atoms with Gasteiger partial charge in [-0.25, -0.2) is 4.79 Å². The maximum absolute atomic E-state index is 12.1. The highest BCUT2D eigenvalue weighted by atomic mass is 16.6. The van der Waals surface area contributed by atoms with Crippen LogP contribution < -0.4 is 20.1 Å². The predicted molar refractivity (Wildman–Crippen MR) is 89.2 cm³/mol. The molecule has 0 saturated carbocycles. The van der Waals surface area contributed by atoms with E-state index in [1.807, 2.05) is 44.3 Å². The number of benzene rings is 1. The van der Waals surface area contributed by atoms with Gasteiger partial charge < -0.3 is 20.1 Å². The summed E-state index contributed by atoms with van der Waals surface area (Å²) in [6.45, 7) is 5.61.